The number of nitrogens with one attached hydrogen (secondary N) is 2. The summed E-state index contributed by atoms with van der Waals surface area (Å²) < 4.78 is 0. The molecule has 3 fully saturated rings. The first-order chi connectivity index (χ1) is 18.6. The van der Waals surface area contributed by atoms with E-state index in [4.69, 9.17) is 0 Å². The number of fused-ring (bicyclic) bond motifs is 1. The van der Waals surface area contributed by atoms with Crippen molar-refractivity contribution >= 4 is 17.3 Å². The Balaban J connectivity index is 1.07. The molecule has 3 N–H and O–H groups in total. The Bertz CT molecular complexity index is 1040. The van der Waals surface area contributed by atoms with Gasteiger partial charge in [-0.25, -0.2) is 0 Å². The highest BCUT2D eigenvalue weighted by Crippen LogP contribution is 2.39. The molecule has 2 saturated heterocycles. The first-order valence-corrected chi connectivity index (χ1v) is 15.0. The minimum Gasteiger partial charge on any atom is -0.480 e. The van der Waals surface area contributed by atoms with Gasteiger partial charge in [-0.3, -0.25) is 9.69 Å². The lowest BCUT2D eigenvalue weighted by Crippen LogP contribution is -2.46. The number of para-hydroxylation sites is 2. The highest BCUT2D eigenvalue weighted by atomic mass is 16.4. The molecule has 0 bridgehead atoms. The summed E-state index contributed by atoms with van der Waals surface area (Å²) in [4.78, 5) is 17.5. The Kier molecular flexibility index (Phi) is 7.89. The molecule has 6 heteroatoms. The van der Waals surface area contributed by atoms with Gasteiger partial charge in [0.1, 0.15) is 6.04 Å². The van der Waals surface area contributed by atoms with Crippen molar-refractivity contribution in [1.82, 2.24) is 9.80 Å². The van der Waals surface area contributed by atoms with Crippen molar-refractivity contribution in [1.29, 1.82) is 0 Å². The van der Waals surface area contributed by atoms with Crippen molar-refractivity contribution in [2.75, 3.05) is 43.4 Å². The zero-order valence-corrected chi connectivity index (χ0v) is 22.6. The summed E-state index contributed by atoms with van der Waals surface area (Å²) in [6, 6.07) is 19.0. The predicted molar refractivity (Wildman–Crippen MR) is 154 cm³/mol. The maximum atomic E-state index is 12.5. The van der Waals surface area contributed by atoms with Gasteiger partial charge in [0.2, 0.25) is 0 Å². The van der Waals surface area contributed by atoms with E-state index >= 15 is 0 Å². The van der Waals surface area contributed by atoms with Crippen molar-refractivity contribution in [2.24, 2.45) is 17.8 Å². The normalized spacial score (nSPS) is 26.5. The van der Waals surface area contributed by atoms with E-state index in [0.717, 1.165) is 57.9 Å². The molecular formula is C32H44N4O2. The third kappa shape index (κ3) is 5.72. The smallest absolute Gasteiger partial charge is 0.321 e. The van der Waals surface area contributed by atoms with Crippen molar-refractivity contribution < 1.29 is 9.90 Å². The molecule has 6 nitrogen and oxygen atoms in total. The van der Waals surface area contributed by atoms with Crippen LogP contribution >= 0.6 is 0 Å². The van der Waals surface area contributed by atoms with Crippen LogP contribution in [-0.4, -0.2) is 65.8 Å². The first kappa shape index (κ1) is 25.7. The van der Waals surface area contributed by atoms with Crippen LogP contribution in [0, 0.1) is 17.8 Å². The Morgan fingerprint density at radius 3 is 2.18 bits per heavy atom. The first-order valence-electron chi connectivity index (χ1n) is 15.0. The van der Waals surface area contributed by atoms with E-state index in [1.54, 1.807) is 0 Å². The molecule has 2 aromatic carbocycles. The number of carbonyl (C=O) groups is 1. The van der Waals surface area contributed by atoms with Gasteiger partial charge in [0.25, 0.3) is 0 Å². The van der Waals surface area contributed by atoms with Gasteiger partial charge < -0.3 is 20.6 Å². The number of likely N-dealkylation sites (tertiary alicyclic amines) is 2. The van der Waals surface area contributed by atoms with Gasteiger partial charge in [-0.15, -0.1) is 0 Å². The van der Waals surface area contributed by atoms with Crippen molar-refractivity contribution in [3.63, 3.8) is 0 Å². The standard InChI is InChI=1S/C32H44N4O2/c37-32(38)31(25-11-5-2-6-12-25)36-21-26(27(22-36)24-9-3-1-4-10-24)20-35-17-15-23(16-18-35)19-30-33-28-13-7-8-14-29(28)34-30/h1,3-4,7-10,13-14,23,25-27,30-31,33-34H,2,5-6,11-12,15-22H2,(H,37,38)/t26-,27?,31+/m0/s1. The maximum absolute atomic E-state index is 12.5. The quantitative estimate of drug-likeness (QED) is 0.418. The van der Waals surface area contributed by atoms with Crippen molar-refractivity contribution in [3.8, 4) is 0 Å². The Morgan fingerprint density at radius 1 is 0.868 bits per heavy atom. The van der Waals surface area contributed by atoms with Gasteiger partial charge in [-0.1, -0.05) is 61.7 Å². The van der Waals surface area contributed by atoms with Gasteiger partial charge in [-0.2, -0.15) is 0 Å². The van der Waals surface area contributed by atoms with E-state index in [2.05, 4.69) is 75.0 Å². The third-order valence-corrected chi connectivity index (χ3v) is 9.80. The molecule has 38 heavy (non-hydrogen) atoms. The lowest BCUT2D eigenvalue weighted by molar-refractivity contribution is -0.145. The summed E-state index contributed by atoms with van der Waals surface area (Å²) in [6.07, 6.45) is 9.73. The molecule has 0 radical (unpaired) electrons. The molecule has 3 atom stereocenters. The van der Waals surface area contributed by atoms with Crippen LogP contribution in [0.15, 0.2) is 54.6 Å². The van der Waals surface area contributed by atoms with E-state index in [0.29, 0.717) is 23.9 Å². The average molecular weight is 517 g/mol. The fraction of sp³-hybridized carbons (Fsp3) is 0.594. The van der Waals surface area contributed by atoms with Crippen molar-refractivity contribution in [2.45, 2.75) is 69.5 Å². The van der Waals surface area contributed by atoms with Gasteiger partial charge in [0.05, 0.1) is 17.5 Å². The maximum Gasteiger partial charge on any atom is 0.321 e. The zero-order chi connectivity index (χ0) is 25.9. The summed E-state index contributed by atoms with van der Waals surface area (Å²) in [6.45, 7) is 5.14. The lowest BCUT2D eigenvalue weighted by Gasteiger charge is -2.36. The second kappa shape index (κ2) is 11.7. The summed E-state index contributed by atoms with van der Waals surface area (Å²) in [5.74, 6) is 1.31. The number of piperidine rings is 1. The number of aliphatic carboxylic acids is 1. The number of carboxylic acid groups (broad SMARTS) is 1. The Hall–Kier alpha value is -2.57. The third-order valence-electron chi connectivity index (χ3n) is 9.80. The molecule has 1 saturated carbocycles. The van der Waals surface area contributed by atoms with Crippen LogP contribution in [0.4, 0.5) is 11.4 Å². The van der Waals surface area contributed by atoms with Crippen LogP contribution in [0.25, 0.3) is 0 Å². The van der Waals surface area contributed by atoms with Gasteiger partial charge in [0, 0.05) is 25.6 Å². The highest BCUT2D eigenvalue weighted by molar-refractivity contribution is 5.74. The van der Waals surface area contributed by atoms with Crippen LogP contribution in [0.5, 0.6) is 0 Å². The van der Waals surface area contributed by atoms with E-state index < -0.39 is 5.97 Å². The molecule has 0 aromatic heterocycles. The van der Waals surface area contributed by atoms with Crippen LogP contribution in [0.1, 0.15) is 62.8 Å². The minimum atomic E-state index is -0.610. The fourth-order valence-corrected chi connectivity index (χ4v) is 7.83. The van der Waals surface area contributed by atoms with Crippen LogP contribution < -0.4 is 10.6 Å². The number of nitrogens with zero attached hydrogens (tertiary/aromatic N) is 2. The minimum absolute atomic E-state index is 0.302. The lowest BCUT2D eigenvalue weighted by atomic mass is 9.83. The molecular weight excluding hydrogens is 472 g/mol. The molecule has 2 aromatic rings. The second-order valence-electron chi connectivity index (χ2n) is 12.3. The van der Waals surface area contributed by atoms with E-state index in [9.17, 15) is 9.90 Å². The van der Waals surface area contributed by atoms with Gasteiger partial charge >= 0.3 is 5.97 Å². The second-order valence-corrected chi connectivity index (χ2v) is 12.3. The van der Waals surface area contributed by atoms with Crippen LogP contribution in [0.2, 0.25) is 0 Å². The largest absolute Gasteiger partial charge is 0.480 e. The zero-order valence-electron chi connectivity index (χ0n) is 22.6. The number of anilines is 2. The van der Waals surface area contributed by atoms with Crippen LogP contribution in [-0.2, 0) is 4.79 Å². The monoisotopic (exact) mass is 516 g/mol. The molecule has 3 heterocycles. The highest BCUT2D eigenvalue weighted by Gasteiger charge is 2.43. The topological polar surface area (TPSA) is 67.8 Å². The summed E-state index contributed by atoms with van der Waals surface area (Å²) >= 11 is 0. The average Bonchev–Trinajstić information content (AvgIpc) is 3.54. The van der Waals surface area contributed by atoms with E-state index in [1.807, 2.05) is 0 Å². The SMILES string of the molecule is O=C(O)[C@@H](C1CCCCC1)N1CC(c2ccccc2)[C@@H](CN2CCC(CC3Nc4ccccc4N3)CC2)C1. The van der Waals surface area contributed by atoms with Gasteiger partial charge in [0.15, 0.2) is 0 Å². The number of carboxylic acids is 1. The number of benzene rings is 2. The predicted octanol–water partition coefficient (Wildman–Crippen LogP) is 5.70. The summed E-state index contributed by atoms with van der Waals surface area (Å²) in [5.41, 5.74) is 3.82. The van der Waals surface area contributed by atoms with E-state index in [-0.39, 0.29) is 6.04 Å². The molecule has 204 valence electrons. The van der Waals surface area contributed by atoms with Crippen molar-refractivity contribution in [3.05, 3.63) is 60.2 Å². The number of rotatable bonds is 8. The Morgan fingerprint density at radius 2 is 1.53 bits per heavy atom. The number of hydrogen-bond acceptors (Lipinski definition) is 5. The molecule has 6 rings (SSSR count). The summed E-state index contributed by atoms with van der Waals surface area (Å²) in [5, 5.41) is 17.6. The number of hydrogen-bond donors (Lipinski definition) is 3. The fourth-order valence-electron chi connectivity index (χ4n) is 7.83. The van der Waals surface area contributed by atoms with Gasteiger partial charge in [-0.05, 0) is 80.6 Å². The summed E-state index contributed by atoms with van der Waals surface area (Å²) in [7, 11) is 0. The Labute approximate surface area is 227 Å². The van der Waals surface area contributed by atoms with E-state index in [1.165, 1.54) is 49.0 Å². The molecule has 3 aliphatic heterocycles. The molecule has 0 spiro atoms. The molecule has 1 aliphatic carbocycles. The van der Waals surface area contributed by atoms with Crippen LogP contribution in [0.3, 0.4) is 0 Å². The molecule has 4 aliphatic rings. The molecule has 0 amide bonds. The molecule has 1 unspecified atom stereocenters.